The van der Waals surface area contributed by atoms with Crippen LogP contribution in [0, 0.1) is 0 Å². The summed E-state index contributed by atoms with van der Waals surface area (Å²) < 4.78 is 194. The number of carbonyl (C=O) groups is 1. The van der Waals surface area contributed by atoms with Crippen LogP contribution in [0.2, 0.25) is 0 Å². The van der Waals surface area contributed by atoms with Crippen molar-refractivity contribution in [1.29, 1.82) is 0 Å². The Morgan fingerprint density at radius 2 is 1.04 bits per heavy atom. The molecule has 18 heteroatoms. The van der Waals surface area contributed by atoms with Gasteiger partial charge < -0.3 is 9.47 Å². The van der Waals surface area contributed by atoms with Gasteiger partial charge in [0, 0.05) is 0 Å². The fourth-order valence-electron chi connectivity index (χ4n) is 1.20. The lowest BCUT2D eigenvalue weighted by atomic mass is 9.94. The third kappa shape index (κ3) is 4.79. The molecule has 0 spiro atoms. The van der Waals surface area contributed by atoms with Gasteiger partial charge in [-0.05, 0) is 0 Å². The Labute approximate surface area is 143 Å². The highest BCUT2D eigenvalue weighted by Crippen LogP contribution is 2.58. The monoisotopic (exact) mass is 458 g/mol. The topological polar surface area (TPSA) is 35.5 Å². The average molecular weight is 458 g/mol. The third-order valence-electron chi connectivity index (χ3n) is 2.67. The number of hydrogen-bond acceptors (Lipinski definition) is 3. The van der Waals surface area contributed by atoms with Crippen molar-refractivity contribution >= 4 is 6.16 Å². The van der Waals surface area contributed by atoms with E-state index in [4.69, 9.17) is 0 Å². The van der Waals surface area contributed by atoms with Crippen molar-refractivity contribution in [2.24, 2.45) is 0 Å². The van der Waals surface area contributed by atoms with Crippen molar-refractivity contribution in [2.75, 3.05) is 13.2 Å². The number of alkyl halides is 15. The van der Waals surface area contributed by atoms with Gasteiger partial charge in [0.2, 0.25) is 0 Å². The summed E-state index contributed by atoms with van der Waals surface area (Å²) in [6.07, 6.45) is -13.8. The van der Waals surface area contributed by atoms with E-state index in [-0.39, 0.29) is 0 Å². The lowest BCUT2D eigenvalue weighted by Gasteiger charge is -2.38. The molecule has 0 aromatic heterocycles. The highest BCUT2D eigenvalue weighted by atomic mass is 19.4. The summed E-state index contributed by atoms with van der Waals surface area (Å²) in [6, 6.07) is 0. The zero-order valence-electron chi connectivity index (χ0n) is 12.4. The first-order valence-electron chi connectivity index (χ1n) is 6.08. The van der Waals surface area contributed by atoms with Crippen molar-refractivity contribution in [1.82, 2.24) is 0 Å². The van der Waals surface area contributed by atoms with Crippen LogP contribution in [-0.4, -0.2) is 61.6 Å². The van der Waals surface area contributed by atoms with E-state index in [1.807, 2.05) is 0 Å². The Bertz CT molecular complexity index is 553. The largest absolute Gasteiger partial charge is 0.508 e. The van der Waals surface area contributed by atoms with Gasteiger partial charge in [0.15, 0.2) is 13.2 Å². The minimum atomic E-state index is -7.84. The molecule has 0 bridgehead atoms. The summed E-state index contributed by atoms with van der Waals surface area (Å²) in [5.41, 5.74) is 0. The van der Waals surface area contributed by atoms with Crippen molar-refractivity contribution < 1.29 is 80.1 Å². The van der Waals surface area contributed by atoms with Crippen LogP contribution < -0.4 is 0 Å². The van der Waals surface area contributed by atoms with Crippen LogP contribution in [0.4, 0.5) is 70.7 Å². The molecule has 0 saturated heterocycles. The third-order valence-corrected chi connectivity index (χ3v) is 2.67. The van der Waals surface area contributed by atoms with Gasteiger partial charge >= 0.3 is 48.4 Å². The van der Waals surface area contributed by atoms with Gasteiger partial charge in [0.05, 0.1) is 0 Å². The molecule has 0 radical (unpaired) electrons. The lowest BCUT2D eigenvalue weighted by Crippen LogP contribution is -2.69. The minimum Gasteiger partial charge on any atom is -0.428 e. The van der Waals surface area contributed by atoms with Crippen molar-refractivity contribution in [2.45, 2.75) is 42.2 Å². The predicted molar refractivity (Wildman–Crippen MR) is 54.1 cm³/mol. The fraction of sp³-hybridized carbons (Fsp3) is 0.900. The molecule has 0 saturated carbocycles. The van der Waals surface area contributed by atoms with E-state index in [1.165, 1.54) is 0 Å². The Morgan fingerprint density at radius 3 is 1.39 bits per heavy atom. The van der Waals surface area contributed by atoms with Gasteiger partial charge in [-0.1, -0.05) is 0 Å². The summed E-state index contributed by atoms with van der Waals surface area (Å²) in [5.74, 6) is -37.0. The molecule has 0 rings (SSSR count). The summed E-state index contributed by atoms with van der Waals surface area (Å²) in [7, 11) is 0. The Balaban J connectivity index is 5.55. The highest BCUT2D eigenvalue weighted by molar-refractivity contribution is 5.59. The molecule has 0 aliphatic carbocycles. The molecule has 0 aliphatic rings. The van der Waals surface area contributed by atoms with Crippen molar-refractivity contribution in [3.05, 3.63) is 0 Å². The van der Waals surface area contributed by atoms with Crippen LogP contribution in [0.5, 0.6) is 0 Å². The fourth-order valence-corrected chi connectivity index (χ4v) is 1.20. The first kappa shape index (κ1) is 26.2. The van der Waals surface area contributed by atoms with E-state index in [1.54, 1.807) is 0 Å². The highest BCUT2D eigenvalue weighted by Gasteiger charge is 2.87. The predicted octanol–water partition coefficient (Wildman–Crippen LogP) is 5.14. The summed E-state index contributed by atoms with van der Waals surface area (Å²) in [4.78, 5) is 10.5. The summed E-state index contributed by atoms with van der Waals surface area (Å²) in [6.45, 7) is -5.88. The smallest absolute Gasteiger partial charge is 0.428 e. The standard InChI is InChI=1S/C10H5F15O3/c11-3(12)7(18,19)9(22,23)10(24,25)8(20,21)5(13,14)1-27-4(26)28-2-6(15,16)17/h3H,1-2H2. The second-order valence-electron chi connectivity index (χ2n) is 4.79. The molecule has 0 heterocycles. The molecule has 168 valence electrons. The molecule has 0 atom stereocenters. The summed E-state index contributed by atoms with van der Waals surface area (Å²) in [5, 5.41) is 0. The Morgan fingerprint density at radius 1 is 0.643 bits per heavy atom. The van der Waals surface area contributed by atoms with Crippen LogP contribution in [0.25, 0.3) is 0 Å². The van der Waals surface area contributed by atoms with Gasteiger partial charge in [0.1, 0.15) is 0 Å². The van der Waals surface area contributed by atoms with Crippen LogP contribution in [-0.2, 0) is 9.47 Å². The van der Waals surface area contributed by atoms with E-state index in [9.17, 15) is 70.7 Å². The number of carbonyl (C=O) groups excluding carboxylic acids is 1. The molecule has 0 fully saturated rings. The van der Waals surface area contributed by atoms with E-state index >= 15 is 0 Å². The maximum Gasteiger partial charge on any atom is 0.508 e. The normalized spacial score (nSPS) is 15.0. The molecule has 0 aromatic carbocycles. The molecular formula is C10H5F15O3. The molecule has 0 N–H and O–H groups in total. The molecule has 28 heavy (non-hydrogen) atoms. The molecule has 0 amide bonds. The molecule has 0 aromatic rings. The zero-order valence-corrected chi connectivity index (χ0v) is 12.4. The second-order valence-corrected chi connectivity index (χ2v) is 4.79. The SMILES string of the molecule is O=C(OCC(F)(F)F)OCC(F)(F)C(F)(F)C(F)(F)C(F)(F)C(F)(F)C(F)F. The van der Waals surface area contributed by atoms with Gasteiger partial charge in [0.25, 0.3) is 0 Å². The van der Waals surface area contributed by atoms with Crippen LogP contribution in [0.15, 0.2) is 0 Å². The minimum absolute atomic E-state index is 2.53. The first-order chi connectivity index (χ1) is 12.0. The van der Waals surface area contributed by atoms with Crippen molar-refractivity contribution in [3.63, 3.8) is 0 Å². The van der Waals surface area contributed by atoms with Gasteiger partial charge in [-0.3, -0.25) is 0 Å². The quantitative estimate of drug-likeness (QED) is 0.373. The number of hydrogen-bond donors (Lipinski definition) is 0. The van der Waals surface area contributed by atoms with Gasteiger partial charge in [-0.15, -0.1) is 0 Å². The maximum atomic E-state index is 13.1. The van der Waals surface area contributed by atoms with Gasteiger partial charge in [-0.25, -0.2) is 13.6 Å². The molecule has 0 aliphatic heterocycles. The average Bonchev–Trinajstić information content (AvgIpc) is 2.49. The lowest BCUT2D eigenvalue weighted by molar-refractivity contribution is -0.414. The number of halogens is 15. The first-order valence-corrected chi connectivity index (χ1v) is 6.08. The Hall–Kier alpha value is -1.78. The van der Waals surface area contributed by atoms with Crippen LogP contribution >= 0.6 is 0 Å². The maximum absolute atomic E-state index is 13.1. The molecule has 3 nitrogen and oxygen atoms in total. The number of ether oxygens (including phenoxy) is 2. The molecule has 0 unspecified atom stereocenters. The van der Waals surface area contributed by atoms with E-state index < -0.39 is 61.6 Å². The van der Waals surface area contributed by atoms with E-state index in [2.05, 4.69) is 9.47 Å². The van der Waals surface area contributed by atoms with E-state index in [0.717, 1.165) is 0 Å². The zero-order chi connectivity index (χ0) is 23.0. The van der Waals surface area contributed by atoms with E-state index in [0.29, 0.717) is 0 Å². The number of rotatable bonds is 8. The van der Waals surface area contributed by atoms with Crippen molar-refractivity contribution in [3.8, 4) is 0 Å². The van der Waals surface area contributed by atoms with Crippen LogP contribution in [0.1, 0.15) is 0 Å². The summed E-state index contributed by atoms with van der Waals surface area (Å²) >= 11 is 0. The Kier molecular flexibility index (Phi) is 7.08. The van der Waals surface area contributed by atoms with Gasteiger partial charge in [-0.2, -0.15) is 57.1 Å². The van der Waals surface area contributed by atoms with Crippen LogP contribution in [0.3, 0.4) is 0 Å². The molecular weight excluding hydrogens is 453 g/mol. The second kappa shape index (κ2) is 7.57.